The van der Waals surface area contributed by atoms with E-state index in [2.05, 4.69) is 25.2 Å². The summed E-state index contributed by atoms with van der Waals surface area (Å²) in [5, 5.41) is 12.8. The van der Waals surface area contributed by atoms with Crippen LogP contribution in [0.3, 0.4) is 0 Å². The van der Waals surface area contributed by atoms with Gasteiger partial charge in [-0.1, -0.05) is 0 Å². The Morgan fingerprint density at radius 1 is 1.37 bits per heavy atom. The minimum atomic E-state index is -0.367. The third kappa shape index (κ3) is 4.17. The van der Waals surface area contributed by atoms with Crippen molar-refractivity contribution >= 4 is 0 Å². The zero-order valence-electron chi connectivity index (χ0n) is 12.2. The summed E-state index contributed by atoms with van der Waals surface area (Å²) in [5.74, 6) is 0.642. The highest BCUT2D eigenvalue weighted by Gasteiger charge is 2.40. The number of rotatable bonds is 5. The van der Waals surface area contributed by atoms with Crippen LogP contribution in [0.4, 0.5) is 0 Å². The molecule has 4 nitrogen and oxygen atoms in total. The molecule has 1 aliphatic carbocycles. The van der Waals surface area contributed by atoms with Gasteiger partial charge in [-0.3, -0.25) is 5.32 Å². The maximum absolute atomic E-state index is 9.42. The van der Waals surface area contributed by atoms with Gasteiger partial charge in [0, 0.05) is 32.3 Å². The molecule has 2 rings (SSSR count). The van der Waals surface area contributed by atoms with E-state index in [0.29, 0.717) is 12.0 Å². The van der Waals surface area contributed by atoms with Gasteiger partial charge in [0.1, 0.15) is 5.54 Å². The van der Waals surface area contributed by atoms with Crippen LogP contribution in [-0.4, -0.2) is 37.5 Å². The fraction of sp³-hybridized carbons (Fsp3) is 0.933. The number of nitrogens with one attached hydrogen (secondary N) is 1. The van der Waals surface area contributed by atoms with Crippen LogP contribution in [-0.2, 0) is 9.47 Å². The van der Waals surface area contributed by atoms with Gasteiger partial charge in [0.05, 0.1) is 12.2 Å². The Morgan fingerprint density at radius 3 is 2.74 bits per heavy atom. The predicted molar refractivity (Wildman–Crippen MR) is 73.7 cm³/mol. The largest absolute Gasteiger partial charge is 0.381 e. The summed E-state index contributed by atoms with van der Waals surface area (Å²) in [6.07, 6.45) is 5.19. The molecule has 1 N–H and O–H groups in total. The first-order valence-electron chi connectivity index (χ1n) is 7.52. The van der Waals surface area contributed by atoms with Gasteiger partial charge in [0.25, 0.3) is 0 Å². The molecule has 1 saturated heterocycles. The van der Waals surface area contributed by atoms with Crippen molar-refractivity contribution in [2.24, 2.45) is 5.92 Å². The molecule has 0 radical (unpaired) electrons. The Hall–Kier alpha value is -0.630. The van der Waals surface area contributed by atoms with Crippen molar-refractivity contribution in [1.29, 1.82) is 5.26 Å². The van der Waals surface area contributed by atoms with E-state index in [-0.39, 0.29) is 11.6 Å². The van der Waals surface area contributed by atoms with Crippen LogP contribution in [0, 0.1) is 17.2 Å². The highest BCUT2D eigenvalue weighted by molar-refractivity contribution is 5.12. The van der Waals surface area contributed by atoms with E-state index in [0.717, 1.165) is 51.9 Å². The van der Waals surface area contributed by atoms with Crippen LogP contribution >= 0.6 is 0 Å². The van der Waals surface area contributed by atoms with Crippen LogP contribution in [0.5, 0.6) is 0 Å². The Labute approximate surface area is 116 Å². The molecule has 19 heavy (non-hydrogen) atoms. The van der Waals surface area contributed by atoms with E-state index in [4.69, 9.17) is 9.47 Å². The lowest BCUT2D eigenvalue weighted by Crippen LogP contribution is -2.46. The lowest BCUT2D eigenvalue weighted by atomic mass is 9.98. The number of nitrogens with zero attached hydrogens (tertiary/aromatic N) is 1. The molecule has 2 unspecified atom stereocenters. The molecule has 0 bridgehead atoms. The summed E-state index contributed by atoms with van der Waals surface area (Å²) in [6.45, 7) is 6.76. The summed E-state index contributed by atoms with van der Waals surface area (Å²) in [6, 6.07) is 2.81. The topological polar surface area (TPSA) is 54.3 Å². The minimum Gasteiger partial charge on any atom is -0.381 e. The monoisotopic (exact) mass is 266 g/mol. The third-order valence-corrected chi connectivity index (χ3v) is 4.16. The number of ether oxygens (including phenoxy) is 2. The van der Waals surface area contributed by atoms with Crippen molar-refractivity contribution in [2.75, 3.05) is 19.8 Å². The van der Waals surface area contributed by atoms with Gasteiger partial charge < -0.3 is 9.47 Å². The SMILES string of the molecule is CC(C)NC1(C#N)CCC(OCC2CCOCC2)C1. The van der Waals surface area contributed by atoms with Crippen LogP contribution in [0.1, 0.15) is 46.0 Å². The molecule has 2 fully saturated rings. The second-order valence-corrected chi connectivity index (χ2v) is 6.25. The second kappa shape index (κ2) is 6.69. The second-order valence-electron chi connectivity index (χ2n) is 6.25. The molecular formula is C15H26N2O2. The Morgan fingerprint density at radius 2 is 2.11 bits per heavy atom. The van der Waals surface area contributed by atoms with E-state index in [1.807, 2.05) is 0 Å². The summed E-state index contributed by atoms with van der Waals surface area (Å²) >= 11 is 0. The lowest BCUT2D eigenvalue weighted by Gasteiger charge is -2.26. The van der Waals surface area contributed by atoms with E-state index in [9.17, 15) is 5.26 Å². The average molecular weight is 266 g/mol. The lowest BCUT2D eigenvalue weighted by molar-refractivity contribution is -0.00987. The van der Waals surface area contributed by atoms with Crippen molar-refractivity contribution < 1.29 is 9.47 Å². The van der Waals surface area contributed by atoms with E-state index in [1.165, 1.54) is 0 Å². The van der Waals surface area contributed by atoms with E-state index < -0.39 is 0 Å². The highest BCUT2D eigenvalue weighted by Crippen LogP contribution is 2.32. The molecule has 2 atom stereocenters. The molecule has 2 aliphatic rings. The van der Waals surface area contributed by atoms with Crippen molar-refractivity contribution in [3.8, 4) is 6.07 Å². The molecule has 0 aromatic rings. The first-order chi connectivity index (χ1) is 9.13. The third-order valence-electron chi connectivity index (χ3n) is 4.16. The van der Waals surface area contributed by atoms with Gasteiger partial charge in [-0.25, -0.2) is 0 Å². The van der Waals surface area contributed by atoms with Gasteiger partial charge in [-0.05, 0) is 45.4 Å². The molecule has 0 spiro atoms. The molecular weight excluding hydrogens is 240 g/mol. The van der Waals surface area contributed by atoms with Crippen molar-refractivity contribution in [3.05, 3.63) is 0 Å². The summed E-state index contributed by atoms with van der Waals surface area (Å²) in [5.41, 5.74) is -0.367. The molecule has 4 heteroatoms. The zero-order valence-corrected chi connectivity index (χ0v) is 12.2. The molecule has 1 heterocycles. The molecule has 1 saturated carbocycles. The highest BCUT2D eigenvalue weighted by atomic mass is 16.5. The van der Waals surface area contributed by atoms with E-state index in [1.54, 1.807) is 0 Å². The standard InChI is InChI=1S/C15H26N2O2/c1-12(2)17-15(11-16)6-3-14(9-15)19-10-13-4-7-18-8-5-13/h12-14,17H,3-10H2,1-2H3. The summed E-state index contributed by atoms with van der Waals surface area (Å²) in [4.78, 5) is 0. The normalized spacial score (nSPS) is 32.6. The van der Waals surface area contributed by atoms with E-state index >= 15 is 0 Å². The summed E-state index contributed by atoms with van der Waals surface area (Å²) < 4.78 is 11.4. The molecule has 0 aromatic carbocycles. The molecule has 1 aliphatic heterocycles. The summed E-state index contributed by atoms with van der Waals surface area (Å²) in [7, 11) is 0. The minimum absolute atomic E-state index is 0.244. The molecule has 0 aromatic heterocycles. The Balaban J connectivity index is 1.76. The van der Waals surface area contributed by atoms with Gasteiger partial charge >= 0.3 is 0 Å². The first-order valence-corrected chi connectivity index (χ1v) is 7.52. The van der Waals surface area contributed by atoms with Gasteiger partial charge in [-0.15, -0.1) is 0 Å². The fourth-order valence-corrected chi connectivity index (χ4v) is 3.15. The van der Waals surface area contributed by atoms with Gasteiger partial charge in [-0.2, -0.15) is 5.26 Å². The number of hydrogen-bond donors (Lipinski definition) is 1. The maximum atomic E-state index is 9.42. The Kier molecular flexibility index (Phi) is 5.20. The fourth-order valence-electron chi connectivity index (χ4n) is 3.15. The zero-order chi connectivity index (χ0) is 13.7. The quantitative estimate of drug-likeness (QED) is 0.829. The maximum Gasteiger partial charge on any atom is 0.109 e. The van der Waals surface area contributed by atoms with Crippen LogP contribution in [0.15, 0.2) is 0 Å². The first kappa shape index (κ1) is 14.8. The van der Waals surface area contributed by atoms with Gasteiger partial charge in [0.2, 0.25) is 0 Å². The van der Waals surface area contributed by atoms with Crippen LogP contribution in [0.25, 0.3) is 0 Å². The number of nitriles is 1. The smallest absolute Gasteiger partial charge is 0.109 e. The van der Waals surface area contributed by atoms with Crippen molar-refractivity contribution in [3.63, 3.8) is 0 Å². The van der Waals surface area contributed by atoms with Crippen LogP contribution in [0.2, 0.25) is 0 Å². The molecule has 0 amide bonds. The molecule has 108 valence electrons. The van der Waals surface area contributed by atoms with Crippen molar-refractivity contribution in [1.82, 2.24) is 5.32 Å². The van der Waals surface area contributed by atoms with Gasteiger partial charge in [0.15, 0.2) is 0 Å². The van der Waals surface area contributed by atoms with Crippen molar-refractivity contribution in [2.45, 2.75) is 63.6 Å². The average Bonchev–Trinajstić information content (AvgIpc) is 2.81. The Bertz CT molecular complexity index is 321. The number of hydrogen-bond acceptors (Lipinski definition) is 4. The van der Waals surface area contributed by atoms with Crippen LogP contribution < -0.4 is 5.32 Å². The predicted octanol–water partition coefficient (Wildman–Crippen LogP) is 2.24.